The second-order valence-electron chi connectivity index (χ2n) is 7.02. The minimum Gasteiger partial charge on any atom is -0.461 e. The van der Waals surface area contributed by atoms with Crippen molar-refractivity contribution in [3.05, 3.63) is 22.5 Å². The number of fused-ring (bicyclic) bond motifs is 1. The quantitative estimate of drug-likeness (QED) is 0.866. The van der Waals surface area contributed by atoms with Crippen molar-refractivity contribution < 1.29 is 9.53 Å². The summed E-state index contributed by atoms with van der Waals surface area (Å²) in [5.74, 6) is -0.243. The molecule has 0 aromatic carbocycles. The van der Waals surface area contributed by atoms with Gasteiger partial charge in [0.05, 0.1) is 6.61 Å². The minimum absolute atomic E-state index is 0.243. The molecule has 23 heavy (non-hydrogen) atoms. The summed E-state index contributed by atoms with van der Waals surface area (Å²) >= 11 is 0. The highest BCUT2D eigenvalue weighted by Crippen LogP contribution is 2.28. The van der Waals surface area contributed by atoms with E-state index in [0.717, 1.165) is 36.9 Å². The molecular weight excluding hydrogens is 290 g/mol. The molecule has 1 unspecified atom stereocenters. The van der Waals surface area contributed by atoms with Gasteiger partial charge in [-0.2, -0.15) is 0 Å². The van der Waals surface area contributed by atoms with Crippen LogP contribution in [0.1, 0.15) is 54.0 Å². The first-order valence-electron chi connectivity index (χ1n) is 8.84. The number of aromatic nitrogens is 1. The number of H-pyrrole nitrogens is 1. The Kier molecular flexibility index (Phi) is 4.78. The topological polar surface area (TPSA) is 48.6 Å². The normalized spacial score (nSPS) is 25.6. The maximum Gasteiger partial charge on any atom is 0.355 e. The van der Waals surface area contributed by atoms with Crippen molar-refractivity contribution in [3.63, 3.8) is 0 Å². The highest BCUT2D eigenvalue weighted by molar-refractivity contribution is 5.89. The number of hydrogen-bond acceptors (Lipinski definition) is 4. The van der Waals surface area contributed by atoms with E-state index in [1.807, 2.05) is 13.8 Å². The molecule has 0 aliphatic carbocycles. The maximum atomic E-state index is 12.1. The van der Waals surface area contributed by atoms with E-state index in [9.17, 15) is 4.79 Å². The van der Waals surface area contributed by atoms with E-state index in [1.54, 1.807) is 0 Å². The summed E-state index contributed by atoms with van der Waals surface area (Å²) in [7, 11) is 0. The van der Waals surface area contributed by atoms with Gasteiger partial charge in [-0.3, -0.25) is 9.80 Å². The summed E-state index contributed by atoms with van der Waals surface area (Å²) in [6, 6.07) is 1.28. The highest BCUT2D eigenvalue weighted by Gasteiger charge is 2.34. The third kappa shape index (κ3) is 3.17. The lowest BCUT2D eigenvalue weighted by Crippen LogP contribution is -2.54. The molecule has 0 bridgehead atoms. The van der Waals surface area contributed by atoms with Crippen LogP contribution in [0.3, 0.4) is 0 Å². The Morgan fingerprint density at radius 3 is 2.87 bits per heavy atom. The van der Waals surface area contributed by atoms with Crippen LogP contribution in [0.25, 0.3) is 0 Å². The Balaban J connectivity index is 1.76. The number of aryl methyl sites for hydroxylation is 1. The van der Waals surface area contributed by atoms with Gasteiger partial charge in [-0.15, -0.1) is 0 Å². The second kappa shape index (κ2) is 6.65. The molecule has 2 atom stereocenters. The molecule has 3 rings (SSSR count). The summed E-state index contributed by atoms with van der Waals surface area (Å²) in [5, 5.41) is 0. The lowest BCUT2D eigenvalue weighted by molar-refractivity contribution is 0.0516. The van der Waals surface area contributed by atoms with Gasteiger partial charge in [0.25, 0.3) is 0 Å². The van der Waals surface area contributed by atoms with Gasteiger partial charge < -0.3 is 9.72 Å². The SMILES string of the molecule is CCOC(=O)c1[nH]c(C)c(CN2CC3CCCN3C[C@@H]2C)c1C. The molecule has 5 nitrogen and oxygen atoms in total. The van der Waals surface area contributed by atoms with Gasteiger partial charge >= 0.3 is 5.97 Å². The number of carbonyl (C=O) groups excluding carboxylic acids is 1. The maximum absolute atomic E-state index is 12.1. The van der Waals surface area contributed by atoms with E-state index < -0.39 is 0 Å². The predicted molar refractivity (Wildman–Crippen MR) is 90.7 cm³/mol. The van der Waals surface area contributed by atoms with Gasteiger partial charge in [-0.25, -0.2) is 4.79 Å². The van der Waals surface area contributed by atoms with Crippen LogP contribution in [0.2, 0.25) is 0 Å². The van der Waals surface area contributed by atoms with Crippen molar-refractivity contribution in [2.45, 2.75) is 59.2 Å². The highest BCUT2D eigenvalue weighted by atomic mass is 16.5. The molecule has 2 saturated heterocycles. The van der Waals surface area contributed by atoms with E-state index in [4.69, 9.17) is 4.74 Å². The molecule has 3 heterocycles. The molecule has 128 valence electrons. The molecule has 0 amide bonds. The fourth-order valence-electron chi connectivity index (χ4n) is 4.10. The lowest BCUT2D eigenvalue weighted by Gasteiger charge is -2.42. The van der Waals surface area contributed by atoms with Crippen molar-refractivity contribution in [3.8, 4) is 0 Å². The number of ether oxygens (including phenoxy) is 1. The summed E-state index contributed by atoms with van der Waals surface area (Å²) in [6.07, 6.45) is 2.66. The van der Waals surface area contributed by atoms with Crippen LogP contribution in [0.4, 0.5) is 0 Å². The van der Waals surface area contributed by atoms with Crippen LogP contribution < -0.4 is 0 Å². The van der Waals surface area contributed by atoms with E-state index >= 15 is 0 Å². The van der Waals surface area contributed by atoms with E-state index in [1.165, 1.54) is 24.9 Å². The first kappa shape index (κ1) is 16.5. The zero-order valence-corrected chi connectivity index (χ0v) is 14.8. The number of nitrogens with one attached hydrogen (secondary N) is 1. The number of aromatic amines is 1. The second-order valence-corrected chi connectivity index (χ2v) is 7.02. The molecule has 1 aromatic heterocycles. The van der Waals surface area contributed by atoms with Crippen molar-refractivity contribution in [1.29, 1.82) is 0 Å². The largest absolute Gasteiger partial charge is 0.461 e. The number of carbonyl (C=O) groups is 1. The molecule has 5 heteroatoms. The monoisotopic (exact) mass is 319 g/mol. The first-order chi connectivity index (χ1) is 11.0. The van der Waals surface area contributed by atoms with Gasteiger partial charge in [-0.1, -0.05) is 0 Å². The summed E-state index contributed by atoms with van der Waals surface area (Å²) in [5.41, 5.74) is 4.01. The third-order valence-corrected chi connectivity index (χ3v) is 5.50. The lowest BCUT2D eigenvalue weighted by atomic mass is 10.0. The summed E-state index contributed by atoms with van der Waals surface area (Å²) < 4.78 is 5.15. The average molecular weight is 319 g/mol. The van der Waals surface area contributed by atoms with Gasteiger partial charge in [0.15, 0.2) is 0 Å². The number of hydrogen-bond donors (Lipinski definition) is 1. The Morgan fingerprint density at radius 2 is 2.13 bits per heavy atom. The van der Waals surface area contributed by atoms with Crippen molar-refractivity contribution in [1.82, 2.24) is 14.8 Å². The molecule has 1 N–H and O–H groups in total. The summed E-state index contributed by atoms with van der Waals surface area (Å²) in [6.45, 7) is 13.1. The molecule has 0 saturated carbocycles. The van der Waals surface area contributed by atoms with Crippen LogP contribution in [-0.4, -0.2) is 59.1 Å². The van der Waals surface area contributed by atoms with Gasteiger partial charge in [0.2, 0.25) is 0 Å². The van der Waals surface area contributed by atoms with Gasteiger partial charge in [0.1, 0.15) is 5.69 Å². The predicted octanol–water partition coefficient (Wildman–Crippen LogP) is 2.48. The molecule has 0 radical (unpaired) electrons. The van der Waals surface area contributed by atoms with Crippen molar-refractivity contribution in [2.24, 2.45) is 0 Å². The average Bonchev–Trinajstić information content (AvgIpc) is 3.06. The molecule has 1 aromatic rings. The molecule has 2 aliphatic rings. The van der Waals surface area contributed by atoms with Crippen LogP contribution in [-0.2, 0) is 11.3 Å². The van der Waals surface area contributed by atoms with Crippen molar-refractivity contribution in [2.75, 3.05) is 26.2 Å². The fraction of sp³-hybridized carbons (Fsp3) is 0.722. The third-order valence-electron chi connectivity index (χ3n) is 5.50. The van der Waals surface area contributed by atoms with Crippen LogP contribution in [0.15, 0.2) is 0 Å². The Labute approximate surface area is 139 Å². The minimum atomic E-state index is -0.243. The Hall–Kier alpha value is -1.33. The number of esters is 1. The smallest absolute Gasteiger partial charge is 0.355 e. The Morgan fingerprint density at radius 1 is 1.35 bits per heavy atom. The van der Waals surface area contributed by atoms with E-state index in [0.29, 0.717) is 18.3 Å². The first-order valence-corrected chi connectivity index (χ1v) is 8.84. The standard InChI is InChI=1S/C18H29N3O2/c1-5-23-18(22)17-13(3)16(14(4)19-17)11-21-10-15-7-6-8-20(15)9-12(21)2/h12,15,19H,5-11H2,1-4H3/t12-,15?/m0/s1. The van der Waals surface area contributed by atoms with Gasteiger partial charge in [0, 0.05) is 37.4 Å². The number of piperazine rings is 1. The van der Waals surface area contributed by atoms with E-state index in [-0.39, 0.29) is 5.97 Å². The zero-order valence-electron chi connectivity index (χ0n) is 14.8. The zero-order chi connectivity index (χ0) is 16.6. The van der Waals surface area contributed by atoms with E-state index in [2.05, 4.69) is 28.6 Å². The number of nitrogens with zero attached hydrogens (tertiary/aromatic N) is 2. The number of rotatable bonds is 4. The van der Waals surface area contributed by atoms with Gasteiger partial charge in [-0.05, 0) is 58.2 Å². The van der Waals surface area contributed by atoms with Crippen LogP contribution >= 0.6 is 0 Å². The molecular formula is C18H29N3O2. The van der Waals surface area contributed by atoms with Crippen LogP contribution in [0, 0.1) is 13.8 Å². The van der Waals surface area contributed by atoms with Crippen molar-refractivity contribution >= 4 is 5.97 Å². The molecule has 2 aliphatic heterocycles. The van der Waals surface area contributed by atoms with Crippen LogP contribution in [0.5, 0.6) is 0 Å². The molecule has 2 fully saturated rings. The summed E-state index contributed by atoms with van der Waals surface area (Å²) in [4.78, 5) is 20.5. The molecule has 0 spiro atoms. The fourth-order valence-corrected chi connectivity index (χ4v) is 4.10. The Bertz CT molecular complexity index is 581.